The second kappa shape index (κ2) is 16.3. The molecule has 0 fully saturated rings. The van der Waals surface area contributed by atoms with E-state index in [0.29, 0.717) is 0 Å². The normalized spacial score (nSPS) is 10.3. The summed E-state index contributed by atoms with van der Waals surface area (Å²) in [4.78, 5) is 19.3. The molecule has 0 aliphatic heterocycles. The van der Waals surface area contributed by atoms with Crippen LogP contribution in [-0.4, -0.2) is 19.9 Å². The van der Waals surface area contributed by atoms with Gasteiger partial charge < -0.3 is 0 Å². The van der Waals surface area contributed by atoms with E-state index >= 15 is 0 Å². The molecular formula is C44H32IrN4+3. The van der Waals surface area contributed by atoms with Crippen LogP contribution in [0.2, 0.25) is 0 Å². The summed E-state index contributed by atoms with van der Waals surface area (Å²) in [5.74, 6) is 0. The van der Waals surface area contributed by atoms with Gasteiger partial charge in [0, 0.05) is 33.4 Å². The van der Waals surface area contributed by atoms with Gasteiger partial charge in [-0.2, -0.15) is 0 Å². The van der Waals surface area contributed by atoms with Crippen LogP contribution in [0.4, 0.5) is 0 Å². The number of rotatable bonds is 6. The molecule has 0 saturated heterocycles. The van der Waals surface area contributed by atoms with Crippen LogP contribution < -0.4 is 0 Å². The minimum absolute atomic E-state index is 0. The molecule has 2 aromatic heterocycles. The number of aromatic nitrogens is 4. The Morgan fingerprint density at radius 1 is 0.245 bits per heavy atom. The van der Waals surface area contributed by atoms with Crippen molar-refractivity contribution in [2.75, 3.05) is 0 Å². The minimum Gasteiger partial charge on any atom is -0.252 e. The van der Waals surface area contributed by atoms with Gasteiger partial charge in [-0.3, -0.25) is 9.97 Å². The Balaban J connectivity index is 0.000000167. The van der Waals surface area contributed by atoms with E-state index in [-0.39, 0.29) is 20.1 Å². The summed E-state index contributed by atoms with van der Waals surface area (Å²) in [5, 5.41) is 0. The monoisotopic (exact) mass is 809 g/mol. The van der Waals surface area contributed by atoms with Crippen LogP contribution >= 0.6 is 0 Å². The zero-order chi connectivity index (χ0) is 32.4. The van der Waals surface area contributed by atoms with Crippen molar-refractivity contribution in [1.82, 2.24) is 19.9 Å². The largest absolute Gasteiger partial charge is 3.00 e. The quantitative estimate of drug-likeness (QED) is 0.168. The molecule has 0 saturated carbocycles. The van der Waals surface area contributed by atoms with Crippen molar-refractivity contribution in [3.63, 3.8) is 0 Å². The zero-order valence-electron chi connectivity index (χ0n) is 26.6. The molecule has 2 heterocycles. The van der Waals surface area contributed by atoms with Gasteiger partial charge in [0.05, 0.1) is 46.6 Å². The van der Waals surface area contributed by atoms with Crippen molar-refractivity contribution >= 4 is 0 Å². The van der Waals surface area contributed by atoms with Gasteiger partial charge in [0.25, 0.3) is 0 Å². The van der Waals surface area contributed by atoms with Crippen LogP contribution in [0.5, 0.6) is 0 Å². The molecule has 0 atom stereocenters. The van der Waals surface area contributed by atoms with E-state index in [1.807, 2.05) is 122 Å². The molecule has 234 valence electrons. The fourth-order valence-electron chi connectivity index (χ4n) is 5.48. The summed E-state index contributed by atoms with van der Waals surface area (Å²) in [6.45, 7) is 0. The first-order valence-corrected chi connectivity index (χ1v) is 15.9. The van der Waals surface area contributed by atoms with E-state index in [4.69, 9.17) is 19.9 Å². The molecule has 0 radical (unpaired) electrons. The molecule has 4 nitrogen and oxygen atoms in total. The third-order valence-corrected chi connectivity index (χ3v) is 7.87. The fourth-order valence-corrected chi connectivity index (χ4v) is 5.48. The van der Waals surface area contributed by atoms with Crippen LogP contribution in [0, 0.1) is 0 Å². The Hall–Kier alpha value is -5.87. The van der Waals surface area contributed by atoms with Crippen LogP contribution in [0.3, 0.4) is 0 Å². The molecule has 0 aliphatic carbocycles. The number of benzene rings is 6. The van der Waals surface area contributed by atoms with Gasteiger partial charge in [-0.25, -0.2) is 9.97 Å². The predicted octanol–water partition coefficient (Wildman–Crippen LogP) is 11.0. The zero-order valence-corrected chi connectivity index (χ0v) is 29.0. The first kappa shape index (κ1) is 33.0. The van der Waals surface area contributed by atoms with Crippen molar-refractivity contribution in [2.45, 2.75) is 0 Å². The molecule has 8 rings (SSSR count). The van der Waals surface area contributed by atoms with Crippen molar-refractivity contribution in [3.8, 4) is 67.5 Å². The molecule has 0 unspecified atom stereocenters. The Bertz CT molecular complexity index is 2040. The molecule has 8 aromatic rings. The van der Waals surface area contributed by atoms with Gasteiger partial charge in [-0.05, 0) is 0 Å². The van der Waals surface area contributed by atoms with E-state index < -0.39 is 0 Å². The summed E-state index contributed by atoms with van der Waals surface area (Å²) < 4.78 is 0. The van der Waals surface area contributed by atoms with Crippen molar-refractivity contribution < 1.29 is 20.1 Å². The Kier molecular flexibility index (Phi) is 11.0. The smallest absolute Gasteiger partial charge is 0.252 e. The third-order valence-electron chi connectivity index (χ3n) is 7.87. The van der Waals surface area contributed by atoms with Crippen molar-refractivity contribution in [2.24, 2.45) is 0 Å². The van der Waals surface area contributed by atoms with Crippen LogP contribution in [0.25, 0.3) is 67.5 Å². The molecule has 5 heteroatoms. The number of nitrogens with zero attached hydrogens (tertiary/aromatic N) is 4. The number of hydrogen-bond acceptors (Lipinski definition) is 4. The summed E-state index contributed by atoms with van der Waals surface area (Å²) in [6, 6.07) is 61.1. The molecule has 0 spiro atoms. The number of hydrogen-bond donors (Lipinski definition) is 0. The molecular weight excluding hydrogens is 777 g/mol. The van der Waals surface area contributed by atoms with Gasteiger partial charge in [-0.15, -0.1) is 0 Å². The second-order valence-electron chi connectivity index (χ2n) is 11.1. The molecule has 0 amide bonds. The summed E-state index contributed by atoms with van der Waals surface area (Å²) in [5.41, 5.74) is 11.8. The Morgan fingerprint density at radius 3 is 0.735 bits per heavy atom. The van der Waals surface area contributed by atoms with Crippen molar-refractivity contribution in [3.05, 3.63) is 194 Å². The molecule has 0 N–H and O–H groups in total. The third kappa shape index (κ3) is 7.99. The molecule has 0 aliphatic rings. The topological polar surface area (TPSA) is 51.6 Å². The van der Waals surface area contributed by atoms with Crippen LogP contribution in [0.15, 0.2) is 194 Å². The molecule has 6 aromatic carbocycles. The van der Waals surface area contributed by atoms with Crippen LogP contribution in [-0.2, 0) is 20.1 Å². The average Bonchev–Trinajstić information content (AvgIpc) is 3.20. The van der Waals surface area contributed by atoms with E-state index in [1.165, 1.54) is 0 Å². The van der Waals surface area contributed by atoms with Crippen molar-refractivity contribution in [1.29, 1.82) is 0 Å². The van der Waals surface area contributed by atoms with Gasteiger partial charge in [0.15, 0.2) is 0 Å². The Labute approximate surface area is 300 Å². The predicted molar refractivity (Wildman–Crippen MR) is 197 cm³/mol. The van der Waals surface area contributed by atoms with Gasteiger partial charge in [0.1, 0.15) is 0 Å². The Morgan fingerprint density at radius 2 is 0.469 bits per heavy atom. The first-order chi connectivity index (χ1) is 23.8. The van der Waals surface area contributed by atoms with Crippen LogP contribution in [0.1, 0.15) is 0 Å². The molecule has 49 heavy (non-hydrogen) atoms. The fraction of sp³-hybridized carbons (Fsp3) is 0. The summed E-state index contributed by atoms with van der Waals surface area (Å²) in [6.07, 6.45) is 3.70. The first-order valence-electron chi connectivity index (χ1n) is 15.9. The standard InChI is InChI=1S/2C22H16N2.Ir/c2*1-4-10-17(11-5-1)20-16-23-21(18-12-6-2-7-13-18)22(24-20)19-14-8-3-9-15-19;/h2*1-16H;/q;;+3. The summed E-state index contributed by atoms with van der Waals surface area (Å²) >= 11 is 0. The minimum atomic E-state index is 0. The van der Waals surface area contributed by atoms with E-state index in [2.05, 4.69) is 72.8 Å². The maximum Gasteiger partial charge on any atom is 3.00 e. The van der Waals surface area contributed by atoms with E-state index in [9.17, 15) is 0 Å². The van der Waals surface area contributed by atoms with E-state index in [1.54, 1.807) is 0 Å². The average molecular weight is 809 g/mol. The van der Waals surface area contributed by atoms with Gasteiger partial charge >= 0.3 is 20.1 Å². The van der Waals surface area contributed by atoms with Gasteiger partial charge in [0.2, 0.25) is 0 Å². The SMILES string of the molecule is [Ir+3].c1ccc(-c2cnc(-c3ccccc3)c(-c3ccccc3)n2)cc1.c1ccc(-c2cnc(-c3ccccc3)c(-c3ccccc3)n2)cc1. The maximum atomic E-state index is 4.93. The van der Waals surface area contributed by atoms with E-state index in [0.717, 1.165) is 67.5 Å². The summed E-state index contributed by atoms with van der Waals surface area (Å²) in [7, 11) is 0. The van der Waals surface area contributed by atoms with Gasteiger partial charge in [-0.1, -0.05) is 182 Å². The second-order valence-corrected chi connectivity index (χ2v) is 11.1. The molecule has 0 bridgehead atoms. The maximum absolute atomic E-state index is 4.93.